The van der Waals surface area contributed by atoms with E-state index in [9.17, 15) is 0 Å². The van der Waals surface area contributed by atoms with Crippen LogP contribution < -0.4 is 15.4 Å². The minimum Gasteiger partial charge on any atom is -0.496 e. The van der Waals surface area contributed by atoms with E-state index in [0.29, 0.717) is 19.0 Å². The molecule has 0 fully saturated rings. The van der Waals surface area contributed by atoms with Crippen LogP contribution in [0.25, 0.3) is 0 Å². The number of guanidine groups is 1. The lowest BCUT2D eigenvalue weighted by molar-refractivity contribution is 0.287. The molecule has 0 saturated carbocycles. The summed E-state index contributed by atoms with van der Waals surface area (Å²) in [6.07, 6.45) is 0. The van der Waals surface area contributed by atoms with Gasteiger partial charge in [-0.05, 0) is 40.9 Å². The van der Waals surface area contributed by atoms with Gasteiger partial charge in [-0.25, -0.2) is 9.98 Å². The average Bonchev–Trinajstić information content (AvgIpc) is 2.97. The molecule has 1 aromatic heterocycles. The van der Waals surface area contributed by atoms with Gasteiger partial charge in [0.1, 0.15) is 18.1 Å². The molecule has 1 heterocycles. The first-order chi connectivity index (χ1) is 13.0. The number of aliphatic imine (C=N–C) groups is 1. The number of aromatic nitrogens is 1. The van der Waals surface area contributed by atoms with E-state index in [-0.39, 0.29) is 30.0 Å². The van der Waals surface area contributed by atoms with Gasteiger partial charge in [-0.15, -0.1) is 24.0 Å². The Kier molecular flexibility index (Phi) is 10.3. The van der Waals surface area contributed by atoms with Crippen molar-refractivity contribution < 1.29 is 9.15 Å². The van der Waals surface area contributed by atoms with Crippen LogP contribution in [0.5, 0.6) is 5.75 Å². The van der Waals surface area contributed by atoms with Gasteiger partial charge < -0.3 is 24.7 Å². The molecule has 1 aromatic carbocycles. The fourth-order valence-corrected chi connectivity index (χ4v) is 2.80. The zero-order valence-electron chi connectivity index (χ0n) is 17.6. The summed E-state index contributed by atoms with van der Waals surface area (Å²) in [6.45, 7) is 7.74. The van der Waals surface area contributed by atoms with E-state index in [4.69, 9.17) is 9.15 Å². The molecule has 0 spiro atoms. The first kappa shape index (κ1) is 24.2. The highest BCUT2D eigenvalue weighted by molar-refractivity contribution is 14.0. The van der Waals surface area contributed by atoms with Gasteiger partial charge in [0.15, 0.2) is 5.96 Å². The molecule has 8 heteroatoms. The number of methoxy groups -OCH3 is 1. The smallest absolute Gasteiger partial charge is 0.216 e. The van der Waals surface area contributed by atoms with Crippen LogP contribution in [0.4, 0.5) is 0 Å². The molecule has 0 aliphatic heterocycles. The highest BCUT2D eigenvalue weighted by atomic mass is 127. The number of rotatable bonds is 8. The fraction of sp³-hybridized carbons (Fsp3) is 0.500. The summed E-state index contributed by atoms with van der Waals surface area (Å²) in [5.41, 5.74) is 2.04. The second-order valence-corrected chi connectivity index (χ2v) is 6.55. The first-order valence-electron chi connectivity index (χ1n) is 9.20. The number of benzene rings is 1. The maximum atomic E-state index is 5.61. The van der Waals surface area contributed by atoms with Crippen LogP contribution in [0.1, 0.15) is 35.9 Å². The molecule has 28 heavy (non-hydrogen) atoms. The van der Waals surface area contributed by atoms with E-state index >= 15 is 0 Å². The molecule has 0 amide bonds. The zero-order chi connectivity index (χ0) is 19.8. The summed E-state index contributed by atoms with van der Waals surface area (Å²) in [5, 5.41) is 6.68. The van der Waals surface area contributed by atoms with E-state index in [1.165, 1.54) is 0 Å². The minimum atomic E-state index is 0. The van der Waals surface area contributed by atoms with Crippen molar-refractivity contribution in [1.29, 1.82) is 0 Å². The Morgan fingerprint density at radius 3 is 2.54 bits per heavy atom. The molecular weight excluding hydrogens is 469 g/mol. The van der Waals surface area contributed by atoms with E-state index in [0.717, 1.165) is 35.3 Å². The standard InChI is InChI=1S/C20H31N5O2.HI/c1-7-21-20(23-13-19-24-14(2)15(3)27-19)22-12-17(25(4)5)16-10-8-9-11-18(16)26-6;/h8-11,17H,7,12-13H2,1-6H3,(H2,21,22,23);1H. The highest BCUT2D eigenvalue weighted by Gasteiger charge is 2.18. The summed E-state index contributed by atoms with van der Waals surface area (Å²) in [4.78, 5) is 11.1. The van der Waals surface area contributed by atoms with E-state index in [2.05, 4.69) is 45.7 Å². The molecule has 1 unspecified atom stereocenters. The summed E-state index contributed by atoms with van der Waals surface area (Å²) in [5.74, 6) is 3.07. The largest absolute Gasteiger partial charge is 0.496 e. The Balaban J connectivity index is 0.00000392. The lowest BCUT2D eigenvalue weighted by Gasteiger charge is -2.27. The molecule has 2 aromatic rings. The number of para-hydroxylation sites is 1. The second kappa shape index (κ2) is 11.9. The Hall–Kier alpha value is -1.81. The van der Waals surface area contributed by atoms with Gasteiger partial charge in [0.05, 0.1) is 18.8 Å². The van der Waals surface area contributed by atoms with Crippen molar-refractivity contribution in [1.82, 2.24) is 20.5 Å². The fourth-order valence-electron chi connectivity index (χ4n) is 2.80. The number of likely N-dealkylation sites (N-methyl/N-ethyl adjacent to an activating group) is 1. The molecule has 0 radical (unpaired) electrons. The molecule has 156 valence electrons. The molecule has 2 rings (SSSR count). The van der Waals surface area contributed by atoms with E-state index < -0.39 is 0 Å². The molecule has 0 aliphatic rings. The second-order valence-electron chi connectivity index (χ2n) is 6.55. The van der Waals surface area contributed by atoms with Crippen molar-refractivity contribution in [3.63, 3.8) is 0 Å². The third-order valence-electron chi connectivity index (χ3n) is 4.37. The highest BCUT2D eigenvalue weighted by Crippen LogP contribution is 2.27. The number of hydrogen-bond acceptors (Lipinski definition) is 5. The molecule has 2 N–H and O–H groups in total. The molecule has 1 atom stereocenters. The van der Waals surface area contributed by atoms with Gasteiger partial charge in [0.2, 0.25) is 5.89 Å². The third kappa shape index (κ3) is 6.66. The molecule has 0 saturated heterocycles. The topological polar surface area (TPSA) is 74.9 Å². The van der Waals surface area contributed by atoms with Gasteiger partial charge in [-0.1, -0.05) is 18.2 Å². The predicted molar refractivity (Wildman–Crippen MR) is 124 cm³/mol. The van der Waals surface area contributed by atoms with Crippen LogP contribution in [-0.2, 0) is 6.54 Å². The number of ether oxygens (including phenoxy) is 1. The normalized spacial score (nSPS) is 12.5. The number of nitrogens with one attached hydrogen (secondary N) is 2. The van der Waals surface area contributed by atoms with Crippen LogP contribution >= 0.6 is 24.0 Å². The number of halogens is 1. The van der Waals surface area contributed by atoms with Crippen molar-refractivity contribution in [3.05, 3.63) is 47.2 Å². The lowest BCUT2D eigenvalue weighted by atomic mass is 10.0. The Bertz CT molecular complexity index is 741. The van der Waals surface area contributed by atoms with Crippen molar-refractivity contribution in [2.24, 2.45) is 4.99 Å². The minimum absolute atomic E-state index is 0. The van der Waals surface area contributed by atoms with Crippen LogP contribution in [0, 0.1) is 13.8 Å². The van der Waals surface area contributed by atoms with Gasteiger partial charge in [0.25, 0.3) is 0 Å². The predicted octanol–water partition coefficient (Wildman–Crippen LogP) is 3.28. The average molecular weight is 501 g/mol. The number of hydrogen-bond donors (Lipinski definition) is 2. The maximum Gasteiger partial charge on any atom is 0.216 e. The van der Waals surface area contributed by atoms with Gasteiger partial charge >= 0.3 is 0 Å². The van der Waals surface area contributed by atoms with Crippen LogP contribution in [0.2, 0.25) is 0 Å². The molecular formula is C20H32IN5O2. The Morgan fingerprint density at radius 2 is 1.96 bits per heavy atom. The molecule has 7 nitrogen and oxygen atoms in total. The Labute approximate surface area is 185 Å². The number of nitrogens with zero attached hydrogens (tertiary/aromatic N) is 3. The van der Waals surface area contributed by atoms with Gasteiger partial charge in [-0.3, -0.25) is 0 Å². The molecule has 0 bridgehead atoms. The van der Waals surface area contributed by atoms with Crippen molar-refractivity contribution in [2.75, 3.05) is 34.3 Å². The SMILES string of the molecule is CCNC(=NCc1nc(C)c(C)o1)NCC(c1ccccc1OC)N(C)C.I. The summed E-state index contributed by atoms with van der Waals surface area (Å²) < 4.78 is 11.1. The maximum absolute atomic E-state index is 5.61. The summed E-state index contributed by atoms with van der Waals surface area (Å²) in [7, 11) is 5.81. The van der Waals surface area contributed by atoms with Gasteiger partial charge in [-0.2, -0.15) is 0 Å². The first-order valence-corrected chi connectivity index (χ1v) is 9.20. The quantitative estimate of drug-likeness (QED) is 0.329. The zero-order valence-corrected chi connectivity index (χ0v) is 19.9. The van der Waals surface area contributed by atoms with Crippen molar-refractivity contribution >= 4 is 29.9 Å². The number of aryl methyl sites for hydroxylation is 2. The monoisotopic (exact) mass is 501 g/mol. The number of oxazole rings is 1. The van der Waals surface area contributed by atoms with Crippen LogP contribution in [-0.4, -0.2) is 50.1 Å². The Morgan fingerprint density at radius 1 is 1.25 bits per heavy atom. The van der Waals surface area contributed by atoms with Crippen LogP contribution in [0.15, 0.2) is 33.7 Å². The lowest BCUT2D eigenvalue weighted by Crippen LogP contribution is -2.41. The molecule has 0 aliphatic carbocycles. The van der Waals surface area contributed by atoms with E-state index in [1.807, 2.05) is 39.0 Å². The van der Waals surface area contributed by atoms with Gasteiger partial charge in [0, 0.05) is 18.7 Å². The third-order valence-corrected chi connectivity index (χ3v) is 4.37. The van der Waals surface area contributed by atoms with Crippen LogP contribution in [0.3, 0.4) is 0 Å². The summed E-state index contributed by atoms with van der Waals surface area (Å²) >= 11 is 0. The van der Waals surface area contributed by atoms with Crippen molar-refractivity contribution in [2.45, 2.75) is 33.4 Å². The summed E-state index contributed by atoms with van der Waals surface area (Å²) in [6, 6.07) is 8.22. The van der Waals surface area contributed by atoms with E-state index in [1.54, 1.807) is 7.11 Å². The van der Waals surface area contributed by atoms with Crippen molar-refractivity contribution in [3.8, 4) is 5.75 Å².